The molecule has 2 N–H and O–H groups in total. The summed E-state index contributed by atoms with van der Waals surface area (Å²) in [5.41, 5.74) is 1.27. The van der Waals surface area contributed by atoms with Crippen LogP contribution in [0.1, 0.15) is 27.2 Å². The van der Waals surface area contributed by atoms with Crippen LogP contribution in [0.5, 0.6) is 0 Å². The summed E-state index contributed by atoms with van der Waals surface area (Å²) in [6, 6.07) is 4.79. The average molecular weight is 382 g/mol. The lowest BCUT2D eigenvalue weighted by molar-refractivity contribution is 0.171. The van der Waals surface area contributed by atoms with Crippen LogP contribution in [0.25, 0.3) is 0 Å². The number of rotatable bonds is 12. The molecule has 7 heteroatoms. The lowest BCUT2D eigenvalue weighted by Crippen LogP contribution is -2.42. The van der Waals surface area contributed by atoms with Crippen LogP contribution >= 0.6 is 11.6 Å². The third kappa shape index (κ3) is 7.14. The molecule has 5 nitrogen and oxygen atoms in total. The van der Waals surface area contributed by atoms with Crippen LogP contribution in [0, 0.1) is 5.82 Å². The lowest BCUT2D eigenvalue weighted by Gasteiger charge is -2.28. The highest BCUT2D eigenvalue weighted by atomic mass is 35.5. The average Bonchev–Trinajstić information content (AvgIpc) is 2.61. The van der Waals surface area contributed by atoms with E-state index in [1.54, 1.807) is 18.2 Å². The van der Waals surface area contributed by atoms with Crippen LogP contribution in [0.2, 0.25) is 5.02 Å². The molecule has 0 aliphatic rings. The van der Waals surface area contributed by atoms with Crippen LogP contribution in [0.4, 0.5) is 10.1 Å². The van der Waals surface area contributed by atoms with E-state index in [9.17, 15) is 4.39 Å². The molecule has 1 aromatic carbocycles. The van der Waals surface area contributed by atoms with Crippen LogP contribution in [0.3, 0.4) is 0 Å². The largest absolute Gasteiger partial charge is 0.376 e. The van der Waals surface area contributed by atoms with E-state index in [0.29, 0.717) is 31.7 Å². The third-order valence-corrected chi connectivity index (χ3v) is 4.14. The van der Waals surface area contributed by atoms with Gasteiger partial charge in [-0.25, -0.2) is 4.39 Å². The first-order valence-corrected chi connectivity index (χ1v) is 9.12. The van der Waals surface area contributed by atoms with Gasteiger partial charge in [-0.15, -0.1) is 6.58 Å². The molecule has 0 heterocycles. The van der Waals surface area contributed by atoms with Gasteiger partial charge in [-0.05, 0) is 39.3 Å². The van der Waals surface area contributed by atoms with Crippen molar-refractivity contribution >= 4 is 17.3 Å². The molecular weight excluding hydrogens is 353 g/mol. The Morgan fingerprint density at radius 3 is 2.81 bits per heavy atom. The second kappa shape index (κ2) is 11.6. The number of anilines is 1. The second-order valence-corrected chi connectivity index (χ2v) is 6.42. The molecule has 0 aliphatic carbocycles. The molecule has 2 atom stereocenters. The predicted molar refractivity (Wildman–Crippen MR) is 108 cm³/mol. The Morgan fingerprint density at radius 1 is 1.46 bits per heavy atom. The van der Waals surface area contributed by atoms with E-state index in [-0.39, 0.29) is 17.2 Å². The first-order chi connectivity index (χ1) is 12.4. The molecule has 26 heavy (non-hydrogen) atoms. The summed E-state index contributed by atoms with van der Waals surface area (Å²) >= 11 is 5.86. The maximum Gasteiger partial charge on any atom is 0.164 e. The molecule has 0 saturated carbocycles. The van der Waals surface area contributed by atoms with Crippen molar-refractivity contribution < 1.29 is 4.39 Å². The van der Waals surface area contributed by atoms with Gasteiger partial charge >= 0.3 is 0 Å². The topological polar surface area (TPSA) is 52.0 Å². The SMILES string of the molecule is C=CCNC(C)N(CCC(Nc1cccc(Cl)c1F)C(=C)C)N=NCC. The second-order valence-electron chi connectivity index (χ2n) is 6.02. The number of halogens is 2. The van der Waals surface area contributed by atoms with E-state index in [1.165, 1.54) is 6.07 Å². The minimum atomic E-state index is -0.455. The Balaban J connectivity index is 2.80. The van der Waals surface area contributed by atoms with Crippen molar-refractivity contribution in [2.45, 2.75) is 39.4 Å². The van der Waals surface area contributed by atoms with Gasteiger partial charge in [0.05, 0.1) is 23.4 Å². The molecule has 0 bridgehead atoms. The normalized spacial score (nSPS) is 13.4. The zero-order valence-electron chi connectivity index (χ0n) is 15.8. The molecule has 0 aliphatic heterocycles. The lowest BCUT2D eigenvalue weighted by atomic mass is 10.1. The summed E-state index contributed by atoms with van der Waals surface area (Å²) in [6.07, 6.45) is 2.48. The highest BCUT2D eigenvalue weighted by Gasteiger charge is 2.17. The highest BCUT2D eigenvalue weighted by molar-refractivity contribution is 6.31. The fourth-order valence-corrected chi connectivity index (χ4v) is 2.50. The Bertz CT molecular complexity index is 620. The Hall–Kier alpha value is -1.92. The minimum absolute atomic E-state index is 0.00280. The maximum atomic E-state index is 14.2. The van der Waals surface area contributed by atoms with E-state index >= 15 is 0 Å². The fraction of sp³-hybridized carbons (Fsp3) is 0.474. The summed E-state index contributed by atoms with van der Waals surface area (Å²) in [7, 11) is 0. The number of hydrogen-bond donors (Lipinski definition) is 2. The minimum Gasteiger partial charge on any atom is -0.376 e. The van der Waals surface area contributed by atoms with Crippen molar-refractivity contribution in [1.29, 1.82) is 0 Å². The quantitative estimate of drug-likeness (QED) is 0.231. The molecule has 144 valence electrons. The number of nitrogens with zero attached hydrogens (tertiary/aromatic N) is 3. The summed E-state index contributed by atoms with van der Waals surface area (Å²) in [6.45, 7) is 15.5. The zero-order valence-corrected chi connectivity index (χ0v) is 16.6. The van der Waals surface area contributed by atoms with Gasteiger partial charge in [0, 0.05) is 19.1 Å². The van der Waals surface area contributed by atoms with Gasteiger partial charge in [0.2, 0.25) is 0 Å². The van der Waals surface area contributed by atoms with Crippen LogP contribution in [0.15, 0.2) is 53.3 Å². The first-order valence-electron chi connectivity index (χ1n) is 8.74. The highest BCUT2D eigenvalue weighted by Crippen LogP contribution is 2.24. The van der Waals surface area contributed by atoms with Gasteiger partial charge in [0.15, 0.2) is 5.82 Å². The third-order valence-electron chi connectivity index (χ3n) is 3.85. The first kappa shape index (κ1) is 22.1. The standard InChI is InChI=1S/C19H29ClFN5/c1-6-12-22-15(5)26(25-23-7-2)13-11-17(14(3)4)24-18-10-8-9-16(20)19(18)21/h6,8-10,15,17,22,24H,1,3,7,11-13H2,2,4-5H3. The van der Waals surface area contributed by atoms with E-state index in [1.807, 2.05) is 25.8 Å². The number of nitrogens with one attached hydrogen (secondary N) is 2. The molecule has 0 spiro atoms. The predicted octanol–water partition coefficient (Wildman–Crippen LogP) is 5.04. The van der Waals surface area contributed by atoms with Crippen molar-refractivity contribution in [2.75, 3.05) is 25.0 Å². The monoisotopic (exact) mass is 381 g/mol. The van der Waals surface area contributed by atoms with E-state index in [4.69, 9.17) is 11.6 Å². The molecule has 0 amide bonds. The van der Waals surface area contributed by atoms with Crippen molar-refractivity contribution in [2.24, 2.45) is 10.3 Å². The molecule has 0 fully saturated rings. The summed E-state index contributed by atoms with van der Waals surface area (Å²) < 4.78 is 14.2. The molecule has 1 rings (SSSR count). The van der Waals surface area contributed by atoms with Gasteiger partial charge in [-0.2, -0.15) is 5.11 Å². The summed E-state index contributed by atoms with van der Waals surface area (Å²) in [5.74, 6) is -0.455. The van der Waals surface area contributed by atoms with Crippen molar-refractivity contribution in [3.63, 3.8) is 0 Å². The van der Waals surface area contributed by atoms with Crippen molar-refractivity contribution in [1.82, 2.24) is 10.3 Å². The number of hydrogen-bond acceptors (Lipinski definition) is 4. The van der Waals surface area contributed by atoms with Gasteiger partial charge in [-0.1, -0.05) is 41.1 Å². The Kier molecular flexibility index (Phi) is 9.91. The van der Waals surface area contributed by atoms with E-state index in [0.717, 1.165) is 5.57 Å². The van der Waals surface area contributed by atoms with Gasteiger partial charge in [-0.3, -0.25) is 10.3 Å². The molecule has 0 radical (unpaired) electrons. The molecule has 0 saturated heterocycles. The van der Waals surface area contributed by atoms with Crippen molar-refractivity contribution in [3.05, 3.63) is 53.8 Å². The van der Waals surface area contributed by atoms with Gasteiger partial charge in [0.1, 0.15) is 0 Å². The summed E-state index contributed by atoms with van der Waals surface area (Å²) in [4.78, 5) is 0. The zero-order chi connectivity index (χ0) is 19.5. The van der Waals surface area contributed by atoms with E-state index < -0.39 is 5.82 Å². The Labute approximate surface area is 161 Å². The van der Waals surface area contributed by atoms with Crippen molar-refractivity contribution in [3.8, 4) is 0 Å². The fourth-order valence-electron chi connectivity index (χ4n) is 2.33. The Morgan fingerprint density at radius 2 is 2.19 bits per heavy atom. The number of benzene rings is 1. The van der Waals surface area contributed by atoms with Crippen LogP contribution in [-0.4, -0.2) is 36.9 Å². The van der Waals surface area contributed by atoms with E-state index in [2.05, 4.69) is 34.1 Å². The van der Waals surface area contributed by atoms with Crippen LogP contribution in [-0.2, 0) is 0 Å². The van der Waals surface area contributed by atoms with Crippen LogP contribution < -0.4 is 10.6 Å². The van der Waals surface area contributed by atoms with Gasteiger partial charge in [0.25, 0.3) is 0 Å². The molecular formula is C19H29ClFN5. The summed E-state index contributed by atoms with van der Waals surface area (Å²) in [5, 5.41) is 16.8. The molecule has 1 aromatic rings. The maximum absolute atomic E-state index is 14.2. The smallest absolute Gasteiger partial charge is 0.164 e. The molecule has 0 aromatic heterocycles. The molecule has 2 unspecified atom stereocenters. The van der Waals surface area contributed by atoms with Gasteiger partial charge < -0.3 is 5.32 Å².